The number of rotatable bonds is 3. The zero-order valence-corrected chi connectivity index (χ0v) is 14.7. The van der Waals surface area contributed by atoms with Gasteiger partial charge in [-0.05, 0) is 76.5 Å². The Morgan fingerprint density at radius 1 is 1.32 bits per heavy atom. The van der Waals surface area contributed by atoms with Gasteiger partial charge in [0.1, 0.15) is 5.78 Å². The van der Waals surface area contributed by atoms with Crippen molar-refractivity contribution >= 4 is 5.78 Å². The number of hydrogen-bond donors (Lipinski definition) is 1. The van der Waals surface area contributed by atoms with Gasteiger partial charge in [0.05, 0.1) is 17.8 Å². The Labute approximate surface area is 134 Å². The van der Waals surface area contributed by atoms with Crippen molar-refractivity contribution < 1.29 is 14.6 Å². The standard InChI is InChI=1S/C19H32O3/c1-17(2,21)10-13-11-19(4,22-12-13)16-8-7-14-15(20)6-5-9-18(14,16)3/h13-14,16,21H,5-12H2,1-4H3/t13-,14+,16+,18+,19+/m1/s1. The second-order valence-electron chi connectivity index (χ2n) is 9.22. The molecule has 2 saturated carbocycles. The maximum atomic E-state index is 12.3. The zero-order chi connectivity index (χ0) is 16.2. The highest BCUT2D eigenvalue weighted by Crippen LogP contribution is 2.60. The van der Waals surface area contributed by atoms with Crippen molar-refractivity contribution in [1.82, 2.24) is 0 Å². The summed E-state index contributed by atoms with van der Waals surface area (Å²) in [5, 5.41) is 10.1. The number of hydrogen-bond acceptors (Lipinski definition) is 3. The van der Waals surface area contributed by atoms with E-state index < -0.39 is 5.60 Å². The molecule has 22 heavy (non-hydrogen) atoms. The van der Waals surface area contributed by atoms with Gasteiger partial charge in [-0.25, -0.2) is 0 Å². The van der Waals surface area contributed by atoms with Gasteiger partial charge in [-0.3, -0.25) is 4.79 Å². The highest BCUT2D eigenvalue weighted by Gasteiger charge is 2.58. The van der Waals surface area contributed by atoms with Gasteiger partial charge in [0.15, 0.2) is 0 Å². The fraction of sp³-hybridized carbons (Fsp3) is 0.947. The smallest absolute Gasteiger partial charge is 0.136 e. The number of fused-ring (bicyclic) bond motifs is 1. The summed E-state index contributed by atoms with van der Waals surface area (Å²) in [5.41, 5.74) is -0.604. The first-order valence-electron chi connectivity index (χ1n) is 9.03. The van der Waals surface area contributed by atoms with Gasteiger partial charge in [0.25, 0.3) is 0 Å². The van der Waals surface area contributed by atoms with Gasteiger partial charge in [-0.1, -0.05) is 6.92 Å². The monoisotopic (exact) mass is 308 g/mol. The van der Waals surface area contributed by atoms with Crippen LogP contribution in [0.1, 0.15) is 72.6 Å². The Bertz CT molecular complexity index is 452. The maximum Gasteiger partial charge on any atom is 0.136 e. The van der Waals surface area contributed by atoms with Crippen molar-refractivity contribution in [1.29, 1.82) is 0 Å². The van der Waals surface area contributed by atoms with Crippen molar-refractivity contribution in [3.63, 3.8) is 0 Å². The summed E-state index contributed by atoms with van der Waals surface area (Å²) in [6.07, 6.45) is 7.00. The normalized spacial score (nSPS) is 46.0. The van der Waals surface area contributed by atoms with Gasteiger partial charge < -0.3 is 9.84 Å². The summed E-state index contributed by atoms with van der Waals surface area (Å²) in [6, 6.07) is 0. The Balaban J connectivity index is 1.75. The van der Waals surface area contributed by atoms with Crippen LogP contribution >= 0.6 is 0 Å². The number of Topliss-reactive ketones (excluding diaryl/α,β-unsaturated/α-hetero) is 1. The van der Waals surface area contributed by atoms with Crippen LogP contribution in [0.2, 0.25) is 0 Å². The largest absolute Gasteiger partial charge is 0.390 e. The third-order valence-electron chi connectivity index (χ3n) is 6.73. The predicted molar refractivity (Wildman–Crippen MR) is 86.6 cm³/mol. The molecule has 0 spiro atoms. The number of carbonyl (C=O) groups excluding carboxylic acids is 1. The van der Waals surface area contributed by atoms with Crippen molar-refractivity contribution in [2.75, 3.05) is 6.61 Å². The topological polar surface area (TPSA) is 46.5 Å². The summed E-state index contributed by atoms with van der Waals surface area (Å²) in [7, 11) is 0. The third kappa shape index (κ3) is 2.75. The van der Waals surface area contributed by atoms with E-state index in [-0.39, 0.29) is 16.9 Å². The first-order valence-corrected chi connectivity index (χ1v) is 9.03. The van der Waals surface area contributed by atoms with E-state index in [0.717, 1.165) is 45.1 Å². The highest BCUT2D eigenvalue weighted by atomic mass is 16.5. The van der Waals surface area contributed by atoms with Crippen LogP contribution in [0.3, 0.4) is 0 Å². The molecule has 0 aromatic carbocycles. The van der Waals surface area contributed by atoms with E-state index in [9.17, 15) is 9.90 Å². The predicted octanol–water partition coefficient (Wildman–Crippen LogP) is 3.73. The average molecular weight is 308 g/mol. The lowest BCUT2D eigenvalue weighted by atomic mass is 9.60. The second kappa shape index (κ2) is 5.31. The average Bonchev–Trinajstić information content (AvgIpc) is 2.90. The molecule has 0 bridgehead atoms. The summed E-state index contributed by atoms with van der Waals surface area (Å²) in [4.78, 5) is 12.3. The summed E-state index contributed by atoms with van der Waals surface area (Å²) < 4.78 is 6.31. The van der Waals surface area contributed by atoms with E-state index in [1.165, 1.54) is 6.42 Å². The Morgan fingerprint density at radius 3 is 2.73 bits per heavy atom. The molecular weight excluding hydrogens is 276 g/mol. The van der Waals surface area contributed by atoms with Crippen LogP contribution in [-0.2, 0) is 9.53 Å². The van der Waals surface area contributed by atoms with Crippen molar-refractivity contribution in [3.8, 4) is 0 Å². The van der Waals surface area contributed by atoms with Crippen LogP contribution in [0, 0.1) is 23.2 Å². The molecule has 0 aromatic rings. The van der Waals surface area contributed by atoms with Crippen LogP contribution < -0.4 is 0 Å². The number of aliphatic hydroxyl groups is 1. The fourth-order valence-electron chi connectivity index (χ4n) is 6.01. The lowest BCUT2D eigenvalue weighted by Crippen LogP contribution is -2.46. The van der Waals surface area contributed by atoms with Crippen molar-refractivity contribution in [3.05, 3.63) is 0 Å². The summed E-state index contributed by atoms with van der Waals surface area (Å²) in [6.45, 7) is 9.12. The molecule has 0 radical (unpaired) electrons. The molecule has 3 nitrogen and oxygen atoms in total. The lowest BCUT2D eigenvalue weighted by molar-refractivity contribution is -0.134. The minimum Gasteiger partial charge on any atom is -0.390 e. The molecule has 0 aromatic heterocycles. The second-order valence-corrected chi connectivity index (χ2v) is 9.22. The minimum absolute atomic E-state index is 0.114. The molecule has 1 N–H and O–H groups in total. The molecule has 0 amide bonds. The van der Waals surface area contributed by atoms with E-state index in [2.05, 4.69) is 13.8 Å². The molecule has 1 saturated heterocycles. The van der Waals surface area contributed by atoms with Crippen LogP contribution in [0.15, 0.2) is 0 Å². The first-order chi connectivity index (χ1) is 10.1. The van der Waals surface area contributed by atoms with Gasteiger partial charge in [-0.15, -0.1) is 0 Å². The zero-order valence-electron chi connectivity index (χ0n) is 14.7. The lowest BCUT2D eigenvalue weighted by Gasteiger charge is -2.46. The first kappa shape index (κ1) is 16.4. The quantitative estimate of drug-likeness (QED) is 0.864. The minimum atomic E-state index is -0.623. The molecule has 3 heteroatoms. The van der Waals surface area contributed by atoms with E-state index in [1.54, 1.807) is 0 Å². The fourth-order valence-corrected chi connectivity index (χ4v) is 6.01. The van der Waals surface area contributed by atoms with Crippen molar-refractivity contribution in [2.24, 2.45) is 23.2 Å². The van der Waals surface area contributed by atoms with E-state index in [0.29, 0.717) is 17.6 Å². The van der Waals surface area contributed by atoms with Crippen LogP contribution in [-0.4, -0.2) is 28.7 Å². The van der Waals surface area contributed by atoms with Crippen LogP contribution in [0.5, 0.6) is 0 Å². The number of carbonyl (C=O) groups is 1. The molecule has 126 valence electrons. The van der Waals surface area contributed by atoms with E-state index >= 15 is 0 Å². The number of ether oxygens (including phenoxy) is 1. The molecule has 3 fully saturated rings. The molecular formula is C19H32O3. The van der Waals surface area contributed by atoms with Crippen LogP contribution in [0.4, 0.5) is 0 Å². The number of ketones is 1. The summed E-state index contributed by atoms with van der Waals surface area (Å²) >= 11 is 0. The van der Waals surface area contributed by atoms with Crippen LogP contribution in [0.25, 0.3) is 0 Å². The van der Waals surface area contributed by atoms with Gasteiger partial charge >= 0.3 is 0 Å². The van der Waals surface area contributed by atoms with E-state index in [1.807, 2.05) is 13.8 Å². The molecule has 0 unspecified atom stereocenters. The Morgan fingerprint density at radius 2 is 2.05 bits per heavy atom. The highest BCUT2D eigenvalue weighted by molar-refractivity contribution is 5.83. The molecule has 3 rings (SSSR count). The Hall–Kier alpha value is -0.410. The van der Waals surface area contributed by atoms with Crippen molar-refractivity contribution in [2.45, 2.75) is 83.8 Å². The maximum absolute atomic E-state index is 12.3. The molecule has 1 aliphatic heterocycles. The van der Waals surface area contributed by atoms with Gasteiger partial charge in [0, 0.05) is 12.3 Å². The van der Waals surface area contributed by atoms with E-state index in [4.69, 9.17) is 4.74 Å². The van der Waals surface area contributed by atoms with Gasteiger partial charge in [-0.2, -0.15) is 0 Å². The van der Waals surface area contributed by atoms with Gasteiger partial charge in [0.2, 0.25) is 0 Å². The third-order valence-corrected chi connectivity index (χ3v) is 6.73. The molecule has 1 heterocycles. The molecule has 2 aliphatic carbocycles. The summed E-state index contributed by atoms with van der Waals surface area (Å²) in [5.74, 6) is 1.68. The molecule has 5 atom stereocenters. The molecule has 3 aliphatic rings. The SMILES string of the molecule is CC(C)(O)C[C@H]1CO[C@](C)([C@H]2CC[C@H]3C(=O)CCC[C@@]32C)C1. The Kier molecular flexibility index (Phi) is 3.97.